The summed E-state index contributed by atoms with van der Waals surface area (Å²) in [6, 6.07) is 0. The van der Waals surface area contributed by atoms with Gasteiger partial charge in [0, 0.05) is 5.41 Å². The van der Waals surface area contributed by atoms with Crippen molar-refractivity contribution in [2.24, 2.45) is 5.41 Å². The highest BCUT2D eigenvalue weighted by Crippen LogP contribution is 2.28. The second kappa shape index (κ2) is 3.54. The molecule has 1 N–H and O–H groups in total. The van der Waals surface area contributed by atoms with Crippen LogP contribution >= 0.6 is 0 Å². The Kier molecular flexibility index (Phi) is 2.66. The lowest BCUT2D eigenvalue weighted by molar-refractivity contribution is 0.207. The van der Waals surface area contributed by atoms with E-state index in [0.29, 0.717) is 0 Å². The summed E-state index contributed by atoms with van der Waals surface area (Å²) in [5.41, 5.74) is -0.153. The van der Waals surface area contributed by atoms with Gasteiger partial charge in [0.25, 0.3) is 0 Å². The number of aliphatic hydroxyl groups excluding tert-OH is 1. The first-order chi connectivity index (χ1) is 5.33. The van der Waals surface area contributed by atoms with Gasteiger partial charge in [0.2, 0.25) is 0 Å². The summed E-state index contributed by atoms with van der Waals surface area (Å²) < 4.78 is 0. The van der Waals surface area contributed by atoms with E-state index in [2.05, 4.69) is 30.9 Å². The molecule has 11 heavy (non-hydrogen) atoms. The molecule has 1 aliphatic rings. The summed E-state index contributed by atoms with van der Waals surface area (Å²) in [6.45, 7) is 3.84. The molecule has 0 heterocycles. The molecule has 0 aromatic heterocycles. The largest absolute Gasteiger partial charge is 0.395 e. The minimum atomic E-state index is -0.153. The zero-order chi connectivity index (χ0) is 8.16. The molecule has 0 unspecified atom stereocenters. The van der Waals surface area contributed by atoms with Crippen LogP contribution in [0.3, 0.4) is 0 Å². The molecule has 0 bridgehead atoms. The fraction of sp³-hybridized carbons (Fsp3) is 0.400. The van der Waals surface area contributed by atoms with Crippen LogP contribution in [-0.4, -0.2) is 11.7 Å². The second-order valence-electron chi connectivity index (χ2n) is 2.92. The van der Waals surface area contributed by atoms with Gasteiger partial charge in [-0.15, -0.1) is 6.58 Å². The molecule has 1 aliphatic carbocycles. The molecule has 1 rings (SSSR count). The minimum absolute atomic E-state index is 0.153. The summed E-state index contributed by atoms with van der Waals surface area (Å²) in [5, 5.41) is 9.12. The van der Waals surface area contributed by atoms with Crippen molar-refractivity contribution in [2.75, 3.05) is 6.61 Å². The Morgan fingerprint density at radius 3 is 2.55 bits per heavy atom. The number of hydrogen-bond donors (Lipinski definition) is 1. The first kappa shape index (κ1) is 8.28. The van der Waals surface area contributed by atoms with E-state index >= 15 is 0 Å². The molecule has 0 spiro atoms. The number of allylic oxidation sites excluding steroid dienone is 3. The van der Waals surface area contributed by atoms with Gasteiger partial charge in [0.15, 0.2) is 0 Å². The summed E-state index contributed by atoms with van der Waals surface area (Å²) in [7, 11) is 0. The van der Waals surface area contributed by atoms with Gasteiger partial charge in [0.1, 0.15) is 0 Å². The maximum Gasteiger partial charge on any atom is 0.0559 e. The third kappa shape index (κ3) is 1.81. The lowest BCUT2D eigenvalue weighted by atomic mass is 9.82. The van der Waals surface area contributed by atoms with Crippen LogP contribution in [0.15, 0.2) is 37.0 Å². The number of aliphatic hydroxyl groups is 1. The molecular formula is C10H14O. The van der Waals surface area contributed by atoms with Crippen LogP contribution in [-0.2, 0) is 0 Å². The standard InChI is InChI=1S/C10H14O/c1-2-6-10(9-11)7-4-3-5-8-10/h2,4-5,7-8,11H,1,3,6,9H2. The average molecular weight is 150 g/mol. The quantitative estimate of drug-likeness (QED) is 0.610. The van der Waals surface area contributed by atoms with Gasteiger partial charge in [-0.3, -0.25) is 0 Å². The Labute approximate surface area is 67.7 Å². The zero-order valence-electron chi connectivity index (χ0n) is 6.66. The van der Waals surface area contributed by atoms with Crippen molar-refractivity contribution >= 4 is 0 Å². The van der Waals surface area contributed by atoms with Gasteiger partial charge >= 0.3 is 0 Å². The highest BCUT2D eigenvalue weighted by molar-refractivity contribution is 5.19. The van der Waals surface area contributed by atoms with Gasteiger partial charge in [-0.25, -0.2) is 0 Å². The van der Waals surface area contributed by atoms with E-state index in [-0.39, 0.29) is 12.0 Å². The van der Waals surface area contributed by atoms with E-state index in [0.717, 1.165) is 12.8 Å². The molecule has 0 radical (unpaired) electrons. The maximum absolute atomic E-state index is 9.12. The van der Waals surface area contributed by atoms with Crippen molar-refractivity contribution in [2.45, 2.75) is 12.8 Å². The predicted molar refractivity (Wildman–Crippen MR) is 47.2 cm³/mol. The molecule has 60 valence electrons. The topological polar surface area (TPSA) is 20.2 Å². The van der Waals surface area contributed by atoms with E-state index in [1.807, 2.05) is 6.08 Å². The van der Waals surface area contributed by atoms with E-state index in [4.69, 9.17) is 5.11 Å². The van der Waals surface area contributed by atoms with E-state index < -0.39 is 0 Å². The SMILES string of the molecule is C=CCC1(CO)C=CCC=C1. The molecule has 0 aromatic carbocycles. The fourth-order valence-electron chi connectivity index (χ4n) is 1.31. The highest BCUT2D eigenvalue weighted by atomic mass is 16.3. The van der Waals surface area contributed by atoms with Crippen molar-refractivity contribution in [1.82, 2.24) is 0 Å². The lowest BCUT2D eigenvalue weighted by Crippen LogP contribution is -2.20. The van der Waals surface area contributed by atoms with Crippen LogP contribution in [0, 0.1) is 5.41 Å². The van der Waals surface area contributed by atoms with Gasteiger partial charge in [-0.05, 0) is 12.8 Å². The van der Waals surface area contributed by atoms with E-state index in [9.17, 15) is 0 Å². The van der Waals surface area contributed by atoms with Crippen LogP contribution < -0.4 is 0 Å². The first-order valence-corrected chi connectivity index (χ1v) is 3.90. The molecule has 0 amide bonds. The van der Waals surface area contributed by atoms with Crippen LogP contribution in [0.25, 0.3) is 0 Å². The van der Waals surface area contributed by atoms with Crippen LogP contribution in [0.1, 0.15) is 12.8 Å². The number of hydrogen-bond acceptors (Lipinski definition) is 1. The molecule has 1 heteroatoms. The van der Waals surface area contributed by atoms with Gasteiger partial charge in [-0.2, -0.15) is 0 Å². The smallest absolute Gasteiger partial charge is 0.0559 e. The fourth-order valence-corrected chi connectivity index (χ4v) is 1.31. The summed E-state index contributed by atoms with van der Waals surface area (Å²) in [5.74, 6) is 0. The lowest BCUT2D eigenvalue weighted by Gasteiger charge is -2.25. The van der Waals surface area contributed by atoms with Crippen LogP contribution in [0.5, 0.6) is 0 Å². The third-order valence-corrected chi connectivity index (χ3v) is 1.99. The second-order valence-corrected chi connectivity index (χ2v) is 2.92. The van der Waals surface area contributed by atoms with Gasteiger partial charge in [-0.1, -0.05) is 30.4 Å². The zero-order valence-corrected chi connectivity index (χ0v) is 6.66. The van der Waals surface area contributed by atoms with Crippen molar-refractivity contribution in [3.05, 3.63) is 37.0 Å². The third-order valence-electron chi connectivity index (χ3n) is 1.99. The molecule has 0 atom stereocenters. The Morgan fingerprint density at radius 1 is 1.45 bits per heavy atom. The van der Waals surface area contributed by atoms with Crippen molar-refractivity contribution in [3.8, 4) is 0 Å². The van der Waals surface area contributed by atoms with Crippen molar-refractivity contribution in [3.63, 3.8) is 0 Å². The minimum Gasteiger partial charge on any atom is -0.395 e. The van der Waals surface area contributed by atoms with Gasteiger partial charge < -0.3 is 5.11 Å². The molecule has 1 nitrogen and oxygen atoms in total. The van der Waals surface area contributed by atoms with Crippen molar-refractivity contribution in [1.29, 1.82) is 0 Å². The molecule has 0 saturated carbocycles. The predicted octanol–water partition coefficient (Wildman–Crippen LogP) is 2.06. The summed E-state index contributed by atoms with van der Waals surface area (Å²) >= 11 is 0. The van der Waals surface area contributed by atoms with Crippen LogP contribution in [0.4, 0.5) is 0 Å². The Bertz CT molecular complexity index is 177. The van der Waals surface area contributed by atoms with Crippen LogP contribution in [0.2, 0.25) is 0 Å². The van der Waals surface area contributed by atoms with Crippen molar-refractivity contribution < 1.29 is 5.11 Å². The first-order valence-electron chi connectivity index (χ1n) is 3.90. The van der Waals surface area contributed by atoms with E-state index in [1.165, 1.54) is 0 Å². The molecule has 0 aromatic rings. The Balaban J connectivity index is 2.72. The summed E-state index contributed by atoms with van der Waals surface area (Å²) in [6.07, 6.45) is 11.9. The Morgan fingerprint density at radius 2 is 2.09 bits per heavy atom. The molecular weight excluding hydrogens is 136 g/mol. The maximum atomic E-state index is 9.12. The number of rotatable bonds is 3. The highest BCUT2D eigenvalue weighted by Gasteiger charge is 2.21. The normalized spacial score (nSPS) is 20.1. The van der Waals surface area contributed by atoms with E-state index in [1.54, 1.807) is 0 Å². The molecule has 0 aliphatic heterocycles. The summed E-state index contributed by atoms with van der Waals surface area (Å²) in [4.78, 5) is 0. The molecule has 0 fully saturated rings. The monoisotopic (exact) mass is 150 g/mol. The average Bonchev–Trinajstić information content (AvgIpc) is 2.07. The Hall–Kier alpha value is -0.820. The van der Waals surface area contributed by atoms with Gasteiger partial charge in [0.05, 0.1) is 6.61 Å². The molecule has 0 saturated heterocycles.